The number of fused-ring (bicyclic) bond motifs is 1. The van der Waals surface area contributed by atoms with Gasteiger partial charge in [0.2, 0.25) is 11.7 Å². The molecule has 0 saturated carbocycles. The largest absolute Gasteiger partial charge is 0.481 e. The van der Waals surface area contributed by atoms with Gasteiger partial charge in [-0.2, -0.15) is 4.31 Å². The number of hydrogen-bond donors (Lipinski definition) is 7. The van der Waals surface area contributed by atoms with Crippen molar-refractivity contribution >= 4 is 32.8 Å². The molecule has 3 rings (SSSR count). The number of rotatable bonds is 6. The number of aliphatic hydroxyl groups excluding tert-OH is 2. The first-order valence-corrected chi connectivity index (χ1v) is 10.8. The van der Waals surface area contributed by atoms with Crippen molar-refractivity contribution in [1.82, 2.24) is 14.5 Å². The summed E-state index contributed by atoms with van der Waals surface area (Å²) < 4.78 is 38.3. The Labute approximate surface area is 160 Å². The Hall–Kier alpha value is -1.71. The Morgan fingerprint density at radius 1 is 1.34 bits per heavy atom. The molecular formula is C11H18N5O11P2+. The number of nitrogen functional groups attached to an aromatic ring is 1. The average Bonchev–Trinajstić information content (AvgIpc) is 3.01. The summed E-state index contributed by atoms with van der Waals surface area (Å²) >= 11 is 0. The molecule has 0 aliphatic carbocycles. The summed E-state index contributed by atoms with van der Waals surface area (Å²) in [7, 11) is -8.97. The number of aryl methyl sites for hydroxylation is 1. The maximum absolute atomic E-state index is 12.1. The molecule has 0 radical (unpaired) electrons. The minimum Gasteiger partial charge on any atom is -0.387 e. The van der Waals surface area contributed by atoms with E-state index in [0.29, 0.717) is 0 Å². The molecule has 5 unspecified atom stereocenters. The molecule has 16 nitrogen and oxygen atoms in total. The fraction of sp³-hybridized carbons (Fsp3) is 0.545. The Morgan fingerprint density at radius 3 is 2.62 bits per heavy atom. The van der Waals surface area contributed by atoms with Crippen molar-refractivity contribution in [3.8, 4) is 0 Å². The number of nitrogens with two attached hydrogens (primary N) is 1. The normalized spacial score (nSPS) is 27.4. The number of H-pyrrole nitrogens is 1. The van der Waals surface area contributed by atoms with Crippen LogP contribution in [0.25, 0.3) is 11.2 Å². The SMILES string of the molecule is Cn1c[n+](C2OC(COP(=O)(O)OP(=O)(O)O)C(O)C2O)c2nc(N)[nH]c(=O)c21. The fourth-order valence-corrected chi connectivity index (χ4v) is 4.48. The molecule has 0 amide bonds. The molecule has 1 fully saturated rings. The van der Waals surface area contributed by atoms with Gasteiger partial charge in [-0.25, -0.2) is 13.7 Å². The van der Waals surface area contributed by atoms with Crippen molar-refractivity contribution in [1.29, 1.82) is 0 Å². The summed E-state index contributed by atoms with van der Waals surface area (Å²) in [5.41, 5.74) is 5.11. The molecule has 0 spiro atoms. The van der Waals surface area contributed by atoms with Crippen LogP contribution >= 0.6 is 15.6 Å². The molecule has 2 aromatic rings. The van der Waals surface area contributed by atoms with Crippen LogP contribution in [0.5, 0.6) is 0 Å². The van der Waals surface area contributed by atoms with E-state index in [1.54, 1.807) is 0 Å². The highest BCUT2D eigenvalue weighted by Crippen LogP contribution is 2.57. The predicted octanol–water partition coefficient (Wildman–Crippen LogP) is -3.02. The van der Waals surface area contributed by atoms with Crippen molar-refractivity contribution in [3.05, 3.63) is 16.7 Å². The lowest BCUT2D eigenvalue weighted by Gasteiger charge is -2.17. The number of nitrogens with one attached hydrogen (secondary N) is 1. The summed E-state index contributed by atoms with van der Waals surface area (Å²) in [6.07, 6.45) is -4.54. The third kappa shape index (κ3) is 4.57. The number of aliphatic hydroxyl groups is 2. The molecule has 0 bridgehead atoms. The molecule has 1 saturated heterocycles. The molecule has 8 N–H and O–H groups in total. The topological polar surface area (TPSA) is 244 Å². The Kier molecular flexibility index (Phi) is 5.70. The van der Waals surface area contributed by atoms with Gasteiger partial charge in [-0.05, 0) is 0 Å². The van der Waals surface area contributed by atoms with E-state index in [4.69, 9.17) is 20.3 Å². The number of ether oxygens (including phenoxy) is 1. The minimum atomic E-state index is -5.32. The number of anilines is 1. The second-order valence-corrected chi connectivity index (χ2v) is 8.97. The summed E-state index contributed by atoms with van der Waals surface area (Å²) in [5.74, 6) is -0.203. The van der Waals surface area contributed by atoms with Gasteiger partial charge in [0.15, 0.2) is 6.33 Å². The van der Waals surface area contributed by atoms with Crippen LogP contribution < -0.4 is 15.9 Å². The molecule has 0 aromatic carbocycles. The van der Waals surface area contributed by atoms with Gasteiger partial charge in [0.1, 0.15) is 18.3 Å². The Balaban J connectivity index is 1.84. The number of aromatic amines is 1. The molecule has 5 atom stereocenters. The van der Waals surface area contributed by atoms with Crippen LogP contribution in [-0.4, -0.2) is 64.3 Å². The number of nitrogens with zero attached hydrogens (tertiary/aromatic N) is 3. The monoisotopic (exact) mass is 458 g/mol. The lowest BCUT2D eigenvalue weighted by molar-refractivity contribution is -0.745. The molecule has 3 heterocycles. The van der Waals surface area contributed by atoms with E-state index in [1.165, 1.54) is 22.5 Å². The highest BCUT2D eigenvalue weighted by molar-refractivity contribution is 7.60. The molecule has 162 valence electrons. The Morgan fingerprint density at radius 2 is 2.00 bits per heavy atom. The van der Waals surface area contributed by atoms with Gasteiger partial charge in [0.05, 0.1) is 13.7 Å². The lowest BCUT2D eigenvalue weighted by atomic mass is 10.1. The van der Waals surface area contributed by atoms with E-state index in [1.807, 2.05) is 0 Å². The number of hydrogen-bond acceptors (Lipinski definition) is 10. The van der Waals surface area contributed by atoms with Gasteiger partial charge in [0, 0.05) is 0 Å². The quantitative estimate of drug-likeness (QED) is 0.168. The highest BCUT2D eigenvalue weighted by Gasteiger charge is 2.48. The van der Waals surface area contributed by atoms with Crippen molar-refractivity contribution in [2.45, 2.75) is 24.5 Å². The molecule has 1 aliphatic heterocycles. The molecule has 1 aliphatic rings. The first-order valence-electron chi connectivity index (χ1n) is 7.81. The zero-order valence-electron chi connectivity index (χ0n) is 14.6. The van der Waals surface area contributed by atoms with Crippen LogP contribution in [0.4, 0.5) is 5.95 Å². The molecule has 18 heteroatoms. The number of phosphoric acid groups is 2. The molecule has 29 heavy (non-hydrogen) atoms. The zero-order valence-corrected chi connectivity index (χ0v) is 16.4. The minimum absolute atomic E-state index is 0.0317. The maximum Gasteiger partial charge on any atom is 0.481 e. The fourth-order valence-electron chi connectivity index (χ4n) is 2.88. The van der Waals surface area contributed by atoms with Gasteiger partial charge in [-0.15, -0.1) is 0 Å². The van der Waals surface area contributed by atoms with Gasteiger partial charge >= 0.3 is 21.3 Å². The smallest absolute Gasteiger partial charge is 0.387 e. The van der Waals surface area contributed by atoms with Crippen molar-refractivity contribution in [2.75, 3.05) is 12.3 Å². The van der Waals surface area contributed by atoms with Gasteiger partial charge < -0.3 is 35.4 Å². The third-order valence-electron chi connectivity index (χ3n) is 4.01. The van der Waals surface area contributed by atoms with E-state index in [9.17, 15) is 29.0 Å². The standard InChI is InChI=1S/C11H17N5O11P2/c1-15-3-16(8-5(15)9(19)14-11(12)13-8)10-7(18)6(17)4(26-10)2-25-29(23,24)27-28(20,21)22/h3-4,6-7,10,17-18H,2H2,1H3,(H5-,12,13,14,19,20,21,22,23,24)/p+1. The van der Waals surface area contributed by atoms with Gasteiger partial charge in [-0.1, -0.05) is 4.98 Å². The summed E-state index contributed by atoms with van der Waals surface area (Å²) in [6, 6.07) is 0. The van der Waals surface area contributed by atoms with Crippen LogP contribution in [0.2, 0.25) is 0 Å². The van der Waals surface area contributed by atoms with Gasteiger partial charge in [0.25, 0.3) is 11.5 Å². The van der Waals surface area contributed by atoms with Crippen LogP contribution in [-0.2, 0) is 29.7 Å². The molecule has 2 aromatic heterocycles. The number of aromatic nitrogens is 4. The lowest BCUT2D eigenvalue weighted by Crippen LogP contribution is -2.46. The molecular weight excluding hydrogens is 440 g/mol. The highest BCUT2D eigenvalue weighted by atomic mass is 31.3. The summed E-state index contributed by atoms with van der Waals surface area (Å²) in [6.45, 7) is -0.857. The van der Waals surface area contributed by atoms with Crippen molar-refractivity contribution < 1.29 is 52.2 Å². The Bertz CT molecular complexity index is 1080. The summed E-state index contributed by atoms with van der Waals surface area (Å²) in [5, 5.41) is 20.5. The van der Waals surface area contributed by atoms with Gasteiger partial charge in [-0.3, -0.25) is 18.9 Å². The van der Waals surface area contributed by atoms with E-state index in [2.05, 4.69) is 18.8 Å². The first-order chi connectivity index (χ1) is 13.3. The van der Waals surface area contributed by atoms with E-state index in [-0.39, 0.29) is 17.1 Å². The second-order valence-electron chi connectivity index (χ2n) is 6.14. The first kappa shape index (κ1) is 22.0. The van der Waals surface area contributed by atoms with Crippen LogP contribution in [0.3, 0.4) is 0 Å². The predicted molar refractivity (Wildman–Crippen MR) is 90.8 cm³/mol. The van der Waals surface area contributed by atoms with Crippen LogP contribution in [0, 0.1) is 0 Å². The maximum atomic E-state index is 12.1. The van der Waals surface area contributed by atoms with Crippen LogP contribution in [0.15, 0.2) is 11.1 Å². The third-order valence-corrected chi connectivity index (χ3v) is 6.16. The van der Waals surface area contributed by atoms with E-state index >= 15 is 0 Å². The average molecular weight is 458 g/mol. The second kappa shape index (κ2) is 7.52. The number of imidazole rings is 1. The number of phosphoric ester groups is 1. The zero-order chi connectivity index (χ0) is 21.7. The van der Waals surface area contributed by atoms with E-state index in [0.717, 1.165) is 0 Å². The summed E-state index contributed by atoms with van der Waals surface area (Å²) in [4.78, 5) is 44.8. The van der Waals surface area contributed by atoms with Crippen molar-refractivity contribution in [3.63, 3.8) is 0 Å². The van der Waals surface area contributed by atoms with E-state index < -0.39 is 52.4 Å². The van der Waals surface area contributed by atoms with Crippen LogP contribution in [0.1, 0.15) is 6.23 Å². The van der Waals surface area contributed by atoms with Crippen molar-refractivity contribution in [2.24, 2.45) is 7.05 Å².